The molecular weight excluding hydrogens is 399 g/mol. The molecule has 1 aliphatic heterocycles. The maximum Gasteiger partial charge on any atom is 0.230 e. The van der Waals surface area contributed by atoms with E-state index in [0.29, 0.717) is 28.1 Å². The SMILES string of the molecule is O=C(CSCc1ccc(Cl)cc1Cl)NCc1ccccc1CN1CCCC1. The van der Waals surface area contributed by atoms with Crippen molar-refractivity contribution >= 4 is 40.9 Å². The van der Waals surface area contributed by atoms with Crippen molar-refractivity contribution in [1.82, 2.24) is 10.2 Å². The zero-order valence-corrected chi connectivity index (χ0v) is 17.5. The second kappa shape index (κ2) is 10.4. The second-order valence-corrected chi connectivity index (χ2v) is 8.59. The smallest absolute Gasteiger partial charge is 0.230 e. The zero-order chi connectivity index (χ0) is 19.1. The largest absolute Gasteiger partial charge is 0.351 e. The maximum atomic E-state index is 12.2. The van der Waals surface area contributed by atoms with E-state index in [-0.39, 0.29) is 5.91 Å². The summed E-state index contributed by atoms with van der Waals surface area (Å²) in [5.41, 5.74) is 3.50. The van der Waals surface area contributed by atoms with E-state index in [1.807, 2.05) is 18.2 Å². The Hall–Kier alpha value is -1.20. The molecule has 0 atom stereocenters. The van der Waals surface area contributed by atoms with Crippen LogP contribution in [0.5, 0.6) is 0 Å². The van der Waals surface area contributed by atoms with Gasteiger partial charge in [0.2, 0.25) is 5.91 Å². The number of halogens is 2. The number of nitrogens with one attached hydrogen (secondary N) is 1. The van der Waals surface area contributed by atoms with E-state index in [4.69, 9.17) is 23.2 Å². The number of amides is 1. The molecule has 0 aromatic heterocycles. The van der Waals surface area contributed by atoms with Crippen molar-refractivity contribution in [3.63, 3.8) is 0 Å². The van der Waals surface area contributed by atoms with Crippen molar-refractivity contribution in [3.8, 4) is 0 Å². The van der Waals surface area contributed by atoms with E-state index in [0.717, 1.165) is 12.1 Å². The minimum atomic E-state index is 0.0426. The van der Waals surface area contributed by atoms with Crippen LogP contribution in [0.25, 0.3) is 0 Å². The molecule has 27 heavy (non-hydrogen) atoms. The van der Waals surface area contributed by atoms with E-state index in [1.165, 1.54) is 37.1 Å². The lowest BCUT2D eigenvalue weighted by molar-refractivity contribution is -0.118. The first-order valence-corrected chi connectivity index (χ1v) is 11.1. The predicted octanol–water partition coefficient (Wildman–Crippen LogP) is 5.14. The van der Waals surface area contributed by atoms with Crippen LogP contribution in [0.3, 0.4) is 0 Å². The number of benzene rings is 2. The fourth-order valence-corrected chi connectivity index (χ4v) is 4.62. The Balaban J connectivity index is 1.45. The van der Waals surface area contributed by atoms with Gasteiger partial charge in [-0.15, -0.1) is 11.8 Å². The van der Waals surface area contributed by atoms with E-state index in [1.54, 1.807) is 17.8 Å². The van der Waals surface area contributed by atoms with Gasteiger partial charge in [-0.05, 0) is 54.8 Å². The highest BCUT2D eigenvalue weighted by Gasteiger charge is 2.14. The molecule has 2 aromatic carbocycles. The summed E-state index contributed by atoms with van der Waals surface area (Å²) in [6, 6.07) is 13.8. The molecule has 3 rings (SSSR count). The van der Waals surface area contributed by atoms with Gasteiger partial charge in [0, 0.05) is 28.9 Å². The van der Waals surface area contributed by atoms with Crippen LogP contribution in [0.1, 0.15) is 29.5 Å². The van der Waals surface area contributed by atoms with E-state index in [2.05, 4.69) is 28.4 Å². The monoisotopic (exact) mass is 422 g/mol. The van der Waals surface area contributed by atoms with Crippen LogP contribution >= 0.6 is 35.0 Å². The first kappa shape index (κ1) is 20.5. The van der Waals surface area contributed by atoms with Gasteiger partial charge in [0.1, 0.15) is 0 Å². The fourth-order valence-electron chi connectivity index (χ4n) is 3.20. The molecule has 0 aliphatic carbocycles. The molecule has 0 radical (unpaired) electrons. The lowest BCUT2D eigenvalue weighted by Gasteiger charge is -2.17. The van der Waals surface area contributed by atoms with Gasteiger partial charge in [0.15, 0.2) is 0 Å². The zero-order valence-electron chi connectivity index (χ0n) is 15.2. The third-order valence-corrected chi connectivity index (χ3v) is 6.26. The molecule has 144 valence electrons. The normalized spacial score (nSPS) is 14.4. The van der Waals surface area contributed by atoms with Gasteiger partial charge in [-0.2, -0.15) is 0 Å². The lowest BCUT2D eigenvalue weighted by atomic mass is 10.1. The Morgan fingerprint density at radius 3 is 2.52 bits per heavy atom. The standard InChI is InChI=1S/C21H24Cl2N2OS/c22-19-8-7-18(20(23)11-19)14-27-15-21(26)24-12-16-5-1-2-6-17(16)13-25-9-3-4-10-25/h1-2,5-8,11H,3-4,9-10,12-15H2,(H,24,26). The van der Waals surface area contributed by atoms with Crippen LogP contribution in [0.15, 0.2) is 42.5 Å². The minimum Gasteiger partial charge on any atom is -0.351 e. The van der Waals surface area contributed by atoms with Crippen LogP contribution in [-0.4, -0.2) is 29.6 Å². The highest BCUT2D eigenvalue weighted by Crippen LogP contribution is 2.24. The maximum absolute atomic E-state index is 12.2. The number of carbonyl (C=O) groups is 1. The molecule has 0 spiro atoms. The predicted molar refractivity (Wildman–Crippen MR) is 115 cm³/mol. The summed E-state index contributed by atoms with van der Waals surface area (Å²) in [5, 5.41) is 4.31. The van der Waals surface area contributed by atoms with Crippen molar-refractivity contribution in [3.05, 3.63) is 69.2 Å². The molecule has 1 amide bonds. The number of likely N-dealkylation sites (tertiary alicyclic amines) is 1. The number of carbonyl (C=O) groups excluding carboxylic acids is 1. The molecule has 6 heteroatoms. The summed E-state index contributed by atoms with van der Waals surface area (Å²) < 4.78 is 0. The molecule has 3 nitrogen and oxygen atoms in total. The van der Waals surface area contributed by atoms with Crippen molar-refractivity contribution in [2.75, 3.05) is 18.8 Å². The van der Waals surface area contributed by atoms with Crippen molar-refractivity contribution < 1.29 is 4.79 Å². The number of hydrogen-bond donors (Lipinski definition) is 1. The third-order valence-electron chi connectivity index (χ3n) is 4.69. The molecule has 1 aliphatic rings. The van der Waals surface area contributed by atoms with Crippen molar-refractivity contribution in [1.29, 1.82) is 0 Å². The number of nitrogens with zero attached hydrogens (tertiary/aromatic N) is 1. The molecule has 1 N–H and O–H groups in total. The molecule has 0 unspecified atom stereocenters. The van der Waals surface area contributed by atoms with Crippen molar-refractivity contribution in [2.24, 2.45) is 0 Å². The van der Waals surface area contributed by atoms with Gasteiger partial charge < -0.3 is 5.32 Å². The number of rotatable bonds is 8. The van der Waals surface area contributed by atoms with E-state index >= 15 is 0 Å². The second-order valence-electron chi connectivity index (χ2n) is 6.76. The highest BCUT2D eigenvalue weighted by atomic mass is 35.5. The van der Waals surface area contributed by atoms with Gasteiger partial charge in [0.05, 0.1) is 5.75 Å². The van der Waals surface area contributed by atoms with E-state index < -0.39 is 0 Å². The molecule has 2 aromatic rings. The molecule has 1 heterocycles. The van der Waals surface area contributed by atoms with Gasteiger partial charge in [-0.25, -0.2) is 0 Å². The molecule has 1 fully saturated rings. The van der Waals surface area contributed by atoms with Crippen molar-refractivity contribution in [2.45, 2.75) is 31.7 Å². The summed E-state index contributed by atoms with van der Waals surface area (Å²) in [6.45, 7) is 3.89. The third kappa shape index (κ3) is 6.42. The van der Waals surface area contributed by atoms with Crippen LogP contribution in [0.4, 0.5) is 0 Å². The Labute approximate surface area is 175 Å². The Morgan fingerprint density at radius 2 is 1.78 bits per heavy atom. The molecule has 1 saturated heterocycles. The highest BCUT2D eigenvalue weighted by molar-refractivity contribution is 7.99. The van der Waals surface area contributed by atoms with Crippen LogP contribution in [0.2, 0.25) is 10.0 Å². The molecule has 0 bridgehead atoms. The summed E-state index contributed by atoms with van der Waals surface area (Å²) in [6.07, 6.45) is 2.57. The first-order chi connectivity index (χ1) is 13.1. The number of thioether (sulfide) groups is 1. The summed E-state index contributed by atoms with van der Waals surface area (Å²) >= 11 is 13.6. The molecule has 0 saturated carbocycles. The Kier molecular flexibility index (Phi) is 7.89. The first-order valence-electron chi connectivity index (χ1n) is 9.19. The fraction of sp³-hybridized carbons (Fsp3) is 0.381. The summed E-state index contributed by atoms with van der Waals surface area (Å²) in [7, 11) is 0. The minimum absolute atomic E-state index is 0.0426. The topological polar surface area (TPSA) is 32.3 Å². The van der Waals surface area contributed by atoms with Crippen LogP contribution in [0, 0.1) is 0 Å². The summed E-state index contributed by atoms with van der Waals surface area (Å²) in [5.74, 6) is 1.14. The van der Waals surface area contributed by atoms with Crippen LogP contribution < -0.4 is 5.32 Å². The van der Waals surface area contributed by atoms with Gasteiger partial charge in [0.25, 0.3) is 0 Å². The summed E-state index contributed by atoms with van der Waals surface area (Å²) in [4.78, 5) is 14.7. The van der Waals surface area contributed by atoms with E-state index in [9.17, 15) is 4.79 Å². The van der Waals surface area contributed by atoms with Gasteiger partial charge in [-0.1, -0.05) is 53.5 Å². The number of hydrogen-bond acceptors (Lipinski definition) is 3. The Morgan fingerprint density at radius 1 is 1.04 bits per heavy atom. The molecular formula is C21H24Cl2N2OS. The van der Waals surface area contributed by atoms with Gasteiger partial charge >= 0.3 is 0 Å². The average Bonchev–Trinajstić information content (AvgIpc) is 3.16. The average molecular weight is 423 g/mol. The lowest BCUT2D eigenvalue weighted by Crippen LogP contribution is -2.26. The van der Waals surface area contributed by atoms with Gasteiger partial charge in [-0.3, -0.25) is 9.69 Å². The van der Waals surface area contributed by atoms with Crippen LogP contribution in [-0.2, 0) is 23.6 Å². The Bertz CT molecular complexity index is 779. The quantitative estimate of drug-likeness (QED) is 0.638.